The molecule has 218 valence electrons. The molecule has 0 radical (unpaired) electrons. The second-order valence-electron chi connectivity index (χ2n) is 15.0. The van der Waals surface area contributed by atoms with Gasteiger partial charge in [0.15, 0.2) is 0 Å². The van der Waals surface area contributed by atoms with Crippen molar-refractivity contribution in [3.8, 4) is 45.0 Å². The second-order valence-corrected chi connectivity index (χ2v) is 15.0. The number of H-pyrrole nitrogens is 1. The molecule has 0 amide bonds. The van der Waals surface area contributed by atoms with Crippen molar-refractivity contribution in [2.24, 2.45) is 0 Å². The third-order valence-electron chi connectivity index (χ3n) is 8.59. The van der Waals surface area contributed by atoms with E-state index in [1.807, 2.05) is 12.4 Å². The third-order valence-corrected chi connectivity index (χ3v) is 8.59. The van der Waals surface area contributed by atoms with E-state index in [4.69, 9.17) is 9.97 Å². The maximum atomic E-state index is 4.86. The average molecular weight is 566 g/mol. The van der Waals surface area contributed by atoms with Crippen molar-refractivity contribution in [3.63, 3.8) is 0 Å². The highest BCUT2D eigenvalue weighted by atomic mass is 14.8. The van der Waals surface area contributed by atoms with Crippen molar-refractivity contribution in [1.82, 2.24) is 15.0 Å². The molecule has 2 aromatic carbocycles. The minimum Gasteiger partial charge on any atom is -0.353 e. The lowest BCUT2D eigenvalue weighted by atomic mass is 9.82. The number of hydrogen-bond acceptors (Lipinski definition) is 2. The Bertz CT molecular complexity index is 1920. The van der Waals surface area contributed by atoms with E-state index in [0.29, 0.717) is 0 Å². The van der Waals surface area contributed by atoms with E-state index in [1.54, 1.807) is 0 Å². The zero-order chi connectivity index (χ0) is 30.7. The molecule has 0 saturated heterocycles. The van der Waals surface area contributed by atoms with Crippen LogP contribution in [0.2, 0.25) is 0 Å². The van der Waals surface area contributed by atoms with Crippen molar-refractivity contribution < 1.29 is 0 Å². The number of nitrogens with one attached hydrogen (secondary N) is 1. The Labute approximate surface area is 256 Å². The number of hydrogen-bond donors (Lipinski definition) is 1. The lowest BCUT2D eigenvalue weighted by Gasteiger charge is -2.23. The van der Waals surface area contributed by atoms with Gasteiger partial charge in [0.25, 0.3) is 0 Å². The van der Waals surface area contributed by atoms with Crippen LogP contribution in [0.15, 0.2) is 91.3 Å². The van der Waals surface area contributed by atoms with Gasteiger partial charge in [0.2, 0.25) is 0 Å². The average Bonchev–Trinajstić information content (AvgIpc) is 3.29. The van der Waals surface area contributed by atoms with Gasteiger partial charge in [-0.1, -0.05) is 98.7 Å². The van der Waals surface area contributed by atoms with Gasteiger partial charge in [-0.05, 0) is 91.7 Å². The van der Waals surface area contributed by atoms with Gasteiger partial charge in [-0.3, -0.25) is 9.97 Å². The van der Waals surface area contributed by atoms with Gasteiger partial charge in [-0.25, -0.2) is 0 Å². The molecule has 3 nitrogen and oxygen atoms in total. The van der Waals surface area contributed by atoms with E-state index in [2.05, 4.69) is 146 Å². The molecule has 1 N–H and O–H groups in total. The van der Waals surface area contributed by atoms with Crippen molar-refractivity contribution in [2.45, 2.75) is 78.6 Å². The molecule has 1 aliphatic heterocycles. The summed E-state index contributed by atoms with van der Waals surface area (Å²) in [5.41, 5.74) is 12.8. The van der Waals surface area contributed by atoms with E-state index >= 15 is 0 Å². The molecule has 6 rings (SSSR count). The van der Waals surface area contributed by atoms with Crippen LogP contribution in [0.1, 0.15) is 79.0 Å². The lowest BCUT2D eigenvalue weighted by Crippen LogP contribution is -2.12. The smallest absolute Gasteiger partial charge is 0.0867 e. The van der Waals surface area contributed by atoms with Crippen molar-refractivity contribution in [3.05, 3.63) is 108 Å². The molecule has 0 fully saturated rings. The molecular weight excluding hydrogens is 522 g/mol. The van der Waals surface area contributed by atoms with Crippen LogP contribution >= 0.6 is 0 Å². The Morgan fingerprint density at radius 1 is 0.512 bits per heavy atom. The molecule has 0 bridgehead atoms. The summed E-state index contributed by atoms with van der Waals surface area (Å²) in [6.45, 7) is 20.4. The topological polar surface area (TPSA) is 41.6 Å². The molecule has 4 aromatic rings. The molecule has 0 saturated carbocycles. The normalized spacial score (nSPS) is 12.8. The number of aromatic nitrogens is 3. The Kier molecular flexibility index (Phi) is 6.84. The van der Waals surface area contributed by atoms with E-state index in [9.17, 15) is 0 Å². The molecular formula is C40H43N3. The molecule has 2 aliphatic rings. The van der Waals surface area contributed by atoms with Crippen LogP contribution in [-0.2, 0) is 16.2 Å². The fourth-order valence-corrected chi connectivity index (χ4v) is 5.89. The number of nitrogens with zero attached hydrogens (tertiary/aromatic N) is 2. The first-order valence-electron chi connectivity index (χ1n) is 15.3. The Balaban J connectivity index is 1.62. The Hall–Kier alpha value is -4.24. The van der Waals surface area contributed by atoms with Crippen LogP contribution in [-0.4, -0.2) is 15.0 Å². The van der Waals surface area contributed by atoms with Crippen molar-refractivity contribution >= 4 is 10.8 Å². The highest BCUT2D eigenvalue weighted by Crippen LogP contribution is 2.46. The Morgan fingerprint density at radius 3 is 1.70 bits per heavy atom. The van der Waals surface area contributed by atoms with E-state index in [-0.39, 0.29) is 16.2 Å². The molecule has 3 heteroatoms. The molecule has 0 spiro atoms. The van der Waals surface area contributed by atoms with Gasteiger partial charge in [0, 0.05) is 29.1 Å². The quantitative estimate of drug-likeness (QED) is 0.232. The second kappa shape index (κ2) is 10.2. The molecule has 2 aromatic heterocycles. The summed E-state index contributed by atoms with van der Waals surface area (Å²) in [5, 5.41) is 2.50. The summed E-state index contributed by atoms with van der Waals surface area (Å²) >= 11 is 0. The predicted molar refractivity (Wildman–Crippen MR) is 183 cm³/mol. The molecule has 0 atom stereocenters. The maximum Gasteiger partial charge on any atom is 0.0867 e. The molecule has 1 aliphatic carbocycles. The van der Waals surface area contributed by atoms with Crippen LogP contribution in [0, 0.1) is 0 Å². The summed E-state index contributed by atoms with van der Waals surface area (Å²) in [5.74, 6) is 0. The van der Waals surface area contributed by atoms with E-state index < -0.39 is 0 Å². The monoisotopic (exact) mass is 565 g/mol. The lowest BCUT2D eigenvalue weighted by molar-refractivity contribution is 0.588. The fourth-order valence-electron chi connectivity index (χ4n) is 5.89. The van der Waals surface area contributed by atoms with Crippen LogP contribution in [0.3, 0.4) is 0 Å². The number of benzene rings is 2. The largest absolute Gasteiger partial charge is 0.353 e. The van der Waals surface area contributed by atoms with Crippen LogP contribution in [0.5, 0.6) is 0 Å². The summed E-state index contributed by atoms with van der Waals surface area (Å²) in [7, 11) is 0. The van der Waals surface area contributed by atoms with E-state index in [0.717, 1.165) is 28.3 Å². The van der Waals surface area contributed by atoms with Crippen molar-refractivity contribution in [2.75, 3.05) is 0 Å². The third kappa shape index (κ3) is 5.49. The summed E-state index contributed by atoms with van der Waals surface area (Å²) in [4.78, 5) is 13.5. The standard InChI is InChI=1S/C40H43N3/c1-38(2,3)27-16-18-41-34(23-27)25-20-26(22-29(21-25)40(7,8)9)36-31-13-11-10-12-30(31)32-14-15-33(43-37(32)36)35-24-28(17-19-42-35)39(4,5)6/h10-24,43H,1-9H3. The van der Waals surface area contributed by atoms with Crippen LogP contribution in [0.25, 0.3) is 55.8 Å². The first-order chi connectivity index (χ1) is 20.2. The SMILES string of the molecule is CC(C)(C)c1cc(-c2cc(C(C)(C)C)ccn2)cc(-c2c3[nH]c(-c4cc(C(C)(C)C)ccn4)ccc-3c3ccccc23)c1. The minimum atomic E-state index is -0.0310. The first-order valence-corrected chi connectivity index (χ1v) is 15.3. The van der Waals surface area contributed by atoms with Gasteiger partial charge in [-0.15, -0.1) is 0 Å². The Morgan fingerprint density at radius 2 is 1.07 bits per heavy atom. The summed E-state index contributed by atoms with van der Waals surface area (Å²) in [6.07, 6.45) is 3.87. The zero-order valence-corrected chi connectivity index (χ0v) is 27.1. The predicted octanol–water partition coefficient (Wildman–Crippen LogP) is 11.0. The maximum absolute atomic E-state index is 4.86. The molecule has 3 heterocycles. The first kappa shape index (κ1) is 28.9. The van der Waals surface area contributed by atoms with E-state index in [1.165, 1.54) is 44.2 Å². The zero-order valence-electron chi connectivity index (χ0n) is 27.1. The van der Waals surface area contributed by atoms with Gasteiger partial charge in [0.1, 0.15) is 0 Å². The van der Waals surface area contributed by atoms with Crippen molar-refractivity contribution in [1.29, 1.82) is 0 Å². The number of pyridine rings is 3. The van der Waals surface area contributed by atoms with Gasteiger partial charge in [-0.2, -0.15) is 0 Å². The molecule has 43 heavy (non-hydrogen) atoms. The van der Waals surface area contributed by atoms with Gasteiger partial charge < -0.3 is 4.98 Å². The van der Waals surface area contributed by atoms with Gasteiger partial charge in [0.05, 0.1) is 22.8 Å². The number of aromatic amines is 1. The van der Waals surface area contributed by atoms with Crippen LogP contribution in [0.4, 0.5) is 0 Å². The minimum absolute atomic E-state index is 0.0310. The molecule has 0 unspecified atom stereocenters. The number of rotatable bonds is 3. The highest BCUT2D eigenvalue weighted by molar-refractivity contribution is 6.14. The number of fused-ring (bicyclic) bond motifs is 3. The van der Waals surface area contributed by atoms with Gasteiger partial charge >= 0.3 is 0 Å². The highest BCUT2D eigenvalue weighted by Gasteiger charge is 2.24. The van der Waals surface area contributed by atoms with Crippen LogP contribution < -0.4 is 0 Å². The summed E-state index contributed by atoms with van der Waals surface area (Å²) < 4.78 is 0. The summed E-state index contributed by atoms with van der Waals surface area (Å²) in [6, 6.07) is 28.9. The fraction of sp³-hybridized carbons (Fsp3) is 0.300.